The predicted molar refractivity (Wildman–Crippen MR) is 64.7 cm³/mol. The van der Waals surface area contributed by atoms with Gasteiger partial charge in [-0.1, -0.05) is 31.2 Å². The monoisotopic (exact) mass is 250 g/mol. The second-order valence-corrected chi connectivity index (χ2v) is 5.33. The highest BCUT2D eigenvalue weighted by molar-refractivity contribution is 5.71. The Morgan fingerprint density at radius 1 is 1.33 bits per heavy atom. The van der Waals surface area contributed by atoms with Crippen LogP contribution in [0, 0.1) is 11.8 Å². The number of fused-ring (bicyclic) bond motifs is 2. The van der Waals surface area contributed by atoms with Gasteiger partial charge in [0.05, 0.1) is 18.3 Å². The number of carbonyl (C=O) groups is 1. The first-order chi connectivity index (χ1) is 8.66. The zero-order valence-electron chi connectivity index (χ0n) is 10.4. The summed E-state index contributed by atoms with van der Waals surface area (Å²) in [4.78, 5) is 11.1. The fourth-order valence-corrected chi connectivity index (χ4v) is 3.20. The summed E-state index contributed by atoms with van der Waals surface area (Å²) in [6.45, 7) is 2.08. The van der Waals surface area contributed by atoms with Crippen molar-refractivity contribution in [1.29, 1.82) is 0 Å². The van der Waals surface area contributed by atoms with Gasteiger partial charge in [-0.05, 0) is 12.3 Å². The second-order valence-electron chi connectivity index (χ2n) is 5.33. The summed E-state index contributed by atoms with van der Waals surface area (Å²) in [5, 5.41) is 10.5. The van der Waals surface area contributed by atoms with E-state index in [1.54, 1.807) is 0 Å². The van der Waals surface area contributed by atoms with Crippen molar-refractivity contribution in [2.45, 2.75) is 44.2 Å². The number of cyclic esters (lactones) is 1. The molecule has 3 heterocycles. The molecular formula is C14H18O4. The molecule has 2 bridgehead atoms. The summed E-state index contributed by atoms with van der Waals surface area (Å²) < 4.78 is 11.1. The smallest absolute Gasteiger partial charge is 0.306 e. The van der Waals surface area contributed by atoms with Crippen molar-refractivity contribution in [3.05, 3.63) is 24.3 Å². The fraction of sp³-hybridized carbons (Fsp3) is 0.643. The second kappa shape index (κ2) is 4.52. The van der Waals surface area contributed by atoms with E-state index in [1.807, 2.05) is 24.3 Å². The number of esters is 1. The van der Waals surface area contributed by atoms with Crippen LogP contribution in [0.3, 0.4) is 0 Å². The van der Waals surface area contributed by atoms with Crippen LogP contribution in [0.25, 0.3) is 0 Å². The zero-order chi connectivity index (χ0) is 12.7. The number of hydrogen-bond donors (Lipinski definition) is 1. The lowest BCUT2D eigenvalue weighted by atomic mass is 9.80. The van der Waals surface area contributed by atoms with Gasteiger partial charge in [0.2, 0.25) is 0 Å². The van der Waals surface area contributed by atoms with Crippen molar-refractivity contribution in [1.82, 2.24) is 0 Å². The van der Waals surface area contributed by atoms with Gasteiger partial charge < -0.3 is 14.6 Å². The van der Waals surface area contributed by atoms with Gasteiger partial charge in [-0.2, -0.15) is 0 Å². The van der Waals surface area contributed by atoms with Gasteiger partial charge in [-0.3, -0.25) is 4.79 Å². The number of hydrogen-bond acceptors (Lipinski definition) is 4. The normalized spacial score (nSPS) is 43.9. The molecule has 3 rings (SSSR count). The molecule has 2 saturated heterocycles. The quantitative estimate of drug-likeness (QED) is 0.748. The standard InChI is InChI=1S/C14H18O4/c1-8-9-4-2-3-5-10(17-9)13(8)14(16)11-6-7-12(15)18-11/h2-5,8-11,13-14,16H,6-7H2,1H3/t8-,9+,10-,11+,13-,14-/m1/s1. The highest BCUT2D eigenvalue weighted by Crippen LogP contribution is 2.40. The Morgan fingerprint density at radius 3 is 2.72 bits per heavy atom. The Bertz CT molecular complexity index is 401. The van der Waals surface area contributed by atoms with Crippen LogP contribution in [-0.2, 0) is 14.3 Å². The highest BCUT2D eigenvalue weighted by atomic mass is 16.6. The first-order valence-corrected chi connectivity index (χ1v) is 6.55. The molecule has 0 amide bonds. The Hall–Kier alpha value is -1.13. The summed E-state index contributed by atoms with van der Waals surface area (Å²) in [7, 11) is 0. The summed E-state index contributed by atoms with van der Waals surface area (Å²) in [6, 6.07) is 0. The first-order valence-electron chi connectivity index (χ1n) is 6.55. The van der Waals surface area contributed by atoms with Gasteiger partial charge in [-0.25, -0.2) is 0 Å². The summed E-state index contributed by atoms with van der Waals surface area (Å²) >= 11 is 0. The average molecular weight is 250 g/mol. The van der Waals surface area contributed by atoms with Crippen LogP contribution in [0.5, 0.6) is 0 Å². The lowest BCUT2D eigenvalue weighted by molar-refractivity contribution is -0.147. The molecule has 6 atom stereocenters. The Kier molecular flexibility index (Phi) is 2.99. The molecule has 18 heavy (non-hydrogen) atoms. The Balaban J connectivity index is 1.77. The van der Waals surface area contributed by atoms with Crippen molar-refractivity contribution >= 4 is 5.97 Å². The molecule has 2 fully saturated rings. The van der Waals surface area contributed by atoms with E-state index in [1.165, 1.54) is 0 Å². The predicted octanol–water partition coefficient (Wildman–Crippen LogP) is 1.20. The molecule has 1 N–H and O–H groups in total. The van der Waals surface area contributed by atoms with Gasteiger partial charge in [0.1, 0.15) is 6.10 Å². The summed E-state index contributed by atoms with van der Waals surface area (Å²) in [5.41, 5.74) is 0. The zero-order valence-corrected chi connectivity index (χ0v) is 10.4. The number of carbonyl (C=O) groups excluding carboxylic acids is 1. The van der Waals surface area contributed by atoms with E-state index in [0.29, 0.717) is 12.8 Å². The minimum absolute atomic E-state index is 0.00731. The van der Waals surface area contributed by atoms with E-state index in [-0.39, 0.29) is 36.1 Å². The summed E-state index contributed by atoms with van der Waals surface area (Å²) in [5.74, 6) is 0.0128. The molecule has 0 saturated carbocycles. The molecule has 0 aromatic rings. The van der Waals surface area contributed by atoms with Gasteiger partial charge in [0.15, 0.2) is 0 Å². The Morgan fingerprint density at radius 2 is 2.06 bits per heavy atom. The molecule has 3 aliphatic rings. The molecule has 0 aromatic carbocycles. The minimum atomic E-state index is -0.641. The van der Waals surface area contributed by atoms with E-state index in [2.05, 4.69) is 6.92 Å². The van der Waals surface area contributed by atoms with Crippen molar-refractivity contribution in [3.63, 3.8) is 0 Å². The van der Waals surface area contributed by atoms with Gasteiger partial charge in [-0.15, -0.1) is 0 Å². The first kappa shape index (κ1) is 11.9. The molecule has 4 nitrogen and oxygen atoms in total. The van der Waals surface area contributed by atoms with E-state index in [9.17, 15) is 9.90 Å². The van der Waals surface area contributed by atoms with Gasteiger partial charge in [0, 0.05) is 12.3 Å². The maximum Gasteiger partial charge on any atom is 0.306 e. The molecule has 0 aromatic heterocycles. The fourth-order valence-electron chi connectivity index (χ4n) is 3.20. The lowest BCUT2D eigenvalue weighted by Gasteiger charge is -2.28. The number of allylic oxidation sites excluding steroid dienone is 2. The Labute approximate surface area is 106 Å². The maximum atomic E-state index is 11.1. The molecular weight excluding hydrogens is 232 g/mol. The minimum Gasteiger partial charge on any atom is -0.460 e. The van der Waals surface area contributed by atoms with Crippen LogP contribution in [0.1, 0.15) is 19.8 Å². The van der Waals surface area contributed by atoms with Crippen molar-refractivity contribution in [2.24, 2.45) is 11.8 Å². The van der Waals surface area contributed by atoms with Crippen molar-refractivity contribution in [2.75, 3.05) is 0 Å². The molecule has 4 heteroatoms. The third kappa shape index (κ3) is 1.89. The molecule has 98 valence electrons. The van der Waals surface area contributed by atoms with Crippen LogP contribution in [-0.4, -0.2) is 35.5 Å². The number of rotatable bonds is 2. The highest BCUT2D eigenvalue weighted by Gasteiger charge is 2.47. The number of ether oxygens (including phenoxy) is 2. The van der Waals surface area contributed by atoms with E-state index in [4.69, 9.17) is 9.47 Å². The SMILES string of the molecule is C[C@H]1[C@@H]([C@H](O)[C@@H]2CCC(=O)O2)[C@H]2C=CC=C[C@@H]1O2. The molecule has 0 unspecified atom stereocenters. The van der Waals surface area contributed by atoms with Gasteiger partial charge in [0.25, 0.3) is 0 Å². The molecule has 3 aliphatic heterocycles. The largest absolute Gasteiger partial charge is 0.460 e. The topological polar surface area (TPSA) is 55.8 Å². The summed E-state index contributed by atoms with van der Waals surface area (Å²) in [6.07, 6.45) is 7.91. The average Bonchev–Trinajstić information content (AvgIpc) is 2.79. The van der Waals surface area contributed by atoms with Crippen LogP contribution in [0.15, 0.2) is 24.3 Å². The third-order valence-electron chi connectivity index (χ3n) is 4.22. The molecule has 0 radical (unpaired) electrons. The maximum absolute atomic E-state index is 11.1. The van der Waals surface area contributed by atoms with Gasteiger partial charge >= 0.3 is 5.97 Å². The molecule has 0 spiro atoms. The van der Waals surface area contributed by atoms with Crippen molar-refractivity contribution in [3.8, 4) is 0 Å². The van der Waals surface area contributed by atoms with Crippen LogP contribution < -0.4 is 0 Å². The van der Waals surface area contributed by atoms with E-state index >= 15 is 0 Å². The lowest BCUT2D eigenvalue weighted by Crippen LogP contribution is -2.40. The van der Waals surface area contributed by atoms with E-state index in [0.717, 1.165) is 0 Å². The molecule has 0 aliphatic carbocycles. The van der Waals surface area contributed by atoms with Crippen LogP contribution in [0.4, 0.5) is 0 Å². The van der Waals surface area contributed by atoms with Crippen LogP contribution in [0.2, 0.25) is 0 Å². The number of aliphatic hydroxyl groups is 1. The van der Waals surface area contributed by atoms with Crippen LogP contribution >= 0.6 is 0 Å². The third-order valence-corrected chi connectivity index (χ3v) is 4.22. The van der Waals surface area contributed by atoms with E-state index < -0.39 is 6.10 Å². The number of aliphatic hydroxyl groups excluding tert-OH is 1. The van der Waals surface area contributed by atoms with Crippen molar-refractivity contribution < 1.29 is 19.4 Å².